The summed E-state index contributed by atoms with van der Waals surface area (Å²) in [7, 11) is 1.41. The van der Waals surface area contributed by atoms with Crippen LogP contribution in [0.3, 0.4) is 0 Å². The number of fused-ring (bicyclic) bond motifs is 5. The molecule has 0 aromatic heterocycles. The Kier molecular flexibility index (Phi) is 3.63. The van der Waals surface area contributed by atoms with Crippen LogP contribution < -0.4 is 10.2 Å². The number of carbonyl (C=O) groups excluding carboxylic acids is 2. The maximum atomic E-state index is 13.2. The first-order valence-corrected chi connectivity index (χ1v) is 9.75. The largest absolute Gasteiger partial charge is 0.497 e. The van der Waals surface area contributed by atoms with Crippen LogP contribution in [0.4, 0.5) is 5.69 Å². The van der Waals surface area contributed by atoms with Gasteiger partial charge in [0.2, 0.25) is 5.91 Å². The van der Waals surface area contributed by atoms with Crippen molar-refractivity contribution in [1.82, 2.24) is 0 Å². The third-order valence-corrected chi connectivity index (χ3v) is 7.33. The first kappa shape index (κ1) is 16.8. The lowest BCUT2D eigenvalue weighted by molar-refractivity contribution is -0.925. The summed E-state index contributed by atoms with van der Waals surface area (Å²) in [5.74, 6) is 0.144. The van der Waals surface area contributed by atoms with Gasteiger partial charge in [0.15, 0.2) is 0 Å². The summed E-state index contributed by atoms with van der Waals surface area (Å²) in [4.78, 5) is 27.0. The Bertz CT molecular complexity index is 850. The number of hydrogen-bond acceptors (Lipinski definition) is 4. The van der Waals surface area contributed by atoms with Crippen LogP contribution in [0.2, 0.25) is 0 Å². The fourth-order valence-corrected chi connectivity index (χ4v) is 6.01. The molecular formula is C21H25N2O4+. The normalized spacial score (nSPS) is 39.0. The van der Waals surface area contributed by atoms with Gasteiger partial charge in [-0.2, -0.15) is 0 Å². The Morgan fingerprint density at radius 1 is 1.37 bits per heavy atom. The van der Waals surface area contributed by atoms with E-state index in [2.05, 4.69) is 18.3 Å². The zero-order chi connectivity index (χ0) is 18.8. The van der Waals surface area contributed by atoms with E-state index in [1.807, 2.05) is 18.2 Å². The number of esters is 1. The Hall–Kier alpha value is -2.34. The maximum Gasteiger partial charge on any atom is 0.337 e. The van der Waals surface area contributed by atoms with Gasteiger partial charge in [0.1, 0.15) is 17.6 Å². The SMILES string of the molecule is COC(=O)C1=CO[C@H](C)[C@@H]2C[NH+]3CC[C@]4(C(=O)Nc5ccccc54)[C@H]3C[C@H]12. The molecule has 1 amide bonds. The van der Waals surface area contributed by atoms with Gasteiger partial charge in [0, 0.05) is 24.4 Å². The molecule has 6 nitrogen and oxygen atoms in total. The molecule has 6 heteroatoms. The van der Waals surface area contributed by atoms with Gasteiger partial charge >= 0.3 is 5.97 Å². The molecule has 2 saturated heterocycles. The van der Waals surface area contributed by atoms with Gasteiger partial charge in [0.25, 0.3) is 0 Å². The molecule has 6 atom stereocenters. The number of amides is 1. The van der Waals surface area contributed by atoms with E-state index in [4.69, 9.17) is 9.47 Å². The van der Waals surface area contributed by atoms with E-state index in [-0.39, 0.29) is 35.9 Å². The molecule has 5 rings (SSSR count). The van der Waals surface area contributed by atoms with E-state index >= 15 is 0 Å². The van der Waals surface area contributed by atoms with Gasteiger partial charge < -0.3 is 19.7 Å². The highest BCUT2D eigenvalue weighted by Crippen LogP contribution is 2.48. The molecule has 1 spiro atoms. The van der Waals surface area contributed by atoms with Crippen LogP contribution in [0.25, 0.3) is 0 Å². The summed E-state index contributed by atoms with van der Waals surface area (Å²) < 4.78 is 10.8. The third-order valence-electron chi connectivity index (χ3n) is 7.33. The lowest BCUT2D eigenvalue weighted by Gasteiger charge is -2.45. The number of rotatable bonds is 1. The second-order valence-corrected chi connectivity index (χ2v) is 8.30. The van der Waals surface area contributed by atoms with Crippen molar-refractivity contribution in [1.29, 1.82) is 0 Å². The van der Waals surface area contributed by atoms with Gasteiger partial charge in [-0.05, 0) is 18.6 Å². The first-order valence-electron chi connectivity index (χ1n) is 9.75. The molecule has 0 bridgehead atoms. The van der Waals surface area contributed by atoms with Crippen molar-refractivity contribution in [3.63, 3.8) is 0 Å². The molecule has 2 N–H and O–H groups in total. The predicted molar refractivity (Wildman–Crippen MR) is 98.1 cm³/mol. The van der Waals surface area contributed by atoms with E-state index < -0.39 is 5.41 Å². The molecule has 0 aliphatic carbocycles. The molecule has 4 aliphatic heterocycles. The first-order chi connectivity index (χ1) is 13.1. The standard InChI is InChI=1S/C21H24N2O4/c1-12-14-10-23-8-7-21(16-5-3-4-6-17(16)22-20(21)25)18(23)9-13(14)15(11-27-12)19(24)26-2/h3-6,11-14,18H,7-10H2,1-2H3,(H,22,25)/p+1/t12-,13+,14+,18-,21-/m1/s1. The molecule has 0 radical (unpaired) electrons. The highest BCUT2D eigenvalue weighted by atomic mass is 16.5. The summed E-state index contributed by atoms with van der Waals surface area (Å²) in [6, 6.07) is 8.22. The maximum absolute atomic E-state index is 13.2. The molecule has 1 unspecified atom stereocenters. The van der Waals surface area contributed by atoms with Crippen LogP contribution in [0.5, 0.6) is 0 Å². The summed E-state index contributed by atoms with van der Waals surface area (Å²) in [6.45, 7) is 3.97. The van der Waals surface area contributed by atoms with Gasteiger partial charge in [0.05, 0.1) is 38.0 Å². The number of quaternary nitrogens is 1. The number of carbonyl (C=O) groups is 2. The molecule has 142 valence electrons. The van der Waals surface area contributed by atoms with Crippen molar-refractivity contribution in [3.8, 4) is 0 Å². The van der Waals surface area contributed by atoms with E-state index in [1.165, 1.54) is 12.0 Å². The molecule has 4 aliphatic rings. The van der Waals surface area contributed by atoms with Gasteiger partial charge in [-0.1, -0.05) is 18.2 Å². The summed E-state index contributed by atoms with van der Waals surface area (Å²) >= 11 is 0. The molecule has 2 fully saturated rings. The number of benzene rings is 1. The Morgan fingerprint density at radius 2 is 2.19 bits per heavy atom. The van der Waals surface area contributed by atoms with E-state index in [0.29, 0.717) is 5.57 Å². The Balaban J connectivity index is 1.55. The zero-order valence-corrected chi connectivity index (χ0v) is 15.7. The average molecular weight is 369 g/mol. The summed E-state index contributed by atoms with van der Waals surface area (Å²) in [5.41, 5.74) is 2.19. The lowest BCUT2D eigenvalue weighted by atomic mass is 9.66. The molecule has 0 saturated carbocycles. The quantitative estimate of drug-likeness (QED) is 0.713. The number of ether oxygens (including phenoxy) is 2. The highest BCUT2D eigenvalue weighted by Gasteiger charge is 2.64. The Morgan fingerprint density at radius 3 is 3.00 bits per heavy atom. The number of para-hydroxylation sites is 1. The number of methoxy groups -OCH3 is 1. The van der Waals surface area contributed by atoms with Crippen LogP contribution >= 0.6 is 0 Å². The van der Waals surface area contributed by atoms with Crippen molar-refractivity contribution in [2.75, 3.05) is 25.5 Å². The van der Waals surface area contributed by atoms with E-state index in [9.17, 15) is 9.59 Å². The van der Waals surface area contributed by atoms with Crippen molar-refractivity contribution in [2.24, 2.45) is 11.8 Å². The average Bonchev–Trinajstić information content (AvgIpc) is 3.20. The minimum Gasteiger partial charge on any atom is -0.497 e. The lowest BCUT2D eigenvalue weighted by Crippen LogP contribution is -3.17. The second kappa shape index (κ2) is 5.83. The molecule has 1 aromatic rings. The number of piperidine rings is 1. The van der Waals surface area contributed by atoms with Crippen molar-refractivity contribution in [2.45, 2.75) is 37.3 Å². The van der Waals surface area contributed by atoms with Crippen LogP contribution in [0, 0.1) is 11.8 Å². The van der Waals surface area contributed by atoms with Gasteiger partial charge in [-0.25, -0.2) is 4.79 Å². The monoisotopic (exact) mass is 369 g/mol. The van der Waals surface area contributed by atoms with E-state index in [0.717, 1.165) is 37.2 Å². The molecular weight excluding hydrogens is 344 g/mol. The minimum absolute atomic E-state index is 0.0677. The third kappa shape index (κ3) is 2.16. The van der Waals surface area contributed by atoms with Crippen LogP contribution in [0.1, 0.15) is 25.3 Å². The van der Waals surface area contributed by atoms with Gasteiger partial charge in [-0.15, -0.1) is 0 Å². The Labute approximate surface area is 158 Å². The zero-order valence-electron chi connectivity index (χ0n) is 15.7. The summed E-state index contributed by atoms with van der Waals surface area (Å²) in [6.07, 6.45) is 3.31. The minimum atomic E-state index is -0.486. The number of hydrogen-bond donors (Lipinski definition) is 2. The summed E-state index contributed by atoms with van der Waals surface area (Å²) in [5, 5.41) is 3.11. The highest BCUT2D eigenvalue weighted by molar-refractivity contribution is 6.07. The number of nitrogens with one attached hydrogen (secondary N) is 2. The van der Waals surface area contributed by atoms with Crippen molar-refractivity contribution in [3.05, 3.63) is 41.7 Å². The topological polar surface area (TPSA) is 69.1 Å². The molecule has 4 heterocycles. The fraction of sp³-hybridized carbons (Fsp3) is 0.524. The van der Waals surface area contributed by atoms with Crippen LogP contribution in [-0.4, -0.2) is 44.2 Å². The smallest absolute Gasteiger partial charge is 0.337 e. The predicted octanol–water partition coefficient (Wildman–Crippen LogP) is 0.645. The van der Waals surface area contributed by atoms with Gasteiger partial charge in [-0.3, -0.25) is 4.79 Å². The van der Waals surface area contributed by atoms with Crippen LogP contribution in [-0.2, 0) is 24.5 Å². The second-order valence-electron chi connectivity index (χ2n) is 8.30. The number of anilines is 1. The molecule has 1 aromatic carbocycles. The van der Waals surface area contributed by atoms with Crippen molar-refractivity contribution >= 4 is 17.6 Å². The fourth-order valence-electron chi connectivity index (χ4n) is 6.01. The van der Waals surface area contributed by atoms with E-state index in [1.54, 1.807) is 6.26 Å². The van der Waals surface area contributed by atoms with Crippen molar-refractivity contribution < 1.29 is 24.0 Å². The molecule has 27 heavy (non-hydrogen) atoms. The van der Waals surface area contributed by atoms with Crippen LogP contribution in [0.15, 0.2) is 36.1 Å².